The quantitative estimate of drug-likeness (QED) is 0.126. The molecule has 0 amide bonds. The van der Waals surface area contributed by atoms with Gasteiger partial charge in [-0.05, 0) is 139 Å². The van der Waals surface area contributed by atoms with Crippen molar-refractivity contribution in [3.05, 3.63) is 34.9 Å². The van der Waals surface area contributed by atoms with Gasteiger partial charge >= 0.3 is 0 Å². The summed E-state index contributed by atoms with van der Waals surface area (Å²) >= 11 is 0. The molecule has 0 unspecified atom stereocenters. The first-order valence-electron chi connectivity index (χ1n) is 14.4. The normalized spacial score (nSPS) is 13.8. The first-order valence-corrected chi connectivity index (χ1v) is 14.4. The molecule has 1 rings (SSSR count). The highest BCUT2D eigenvalue weighted by Crippen LogP contribution is 2.38. The minimum absolute atomic E-state index is 0.0103. The van der Waals surface area contributed by atoms with E-state index in [0.717, 1.165) is 16.7 Å². The van der Waals surface area contributed by atoms with E-state index in [0.29, 0.717) is 0 Å². The molecule has 0 N–H and O–H groups in total. The second kappa shape index (κ2) is 13.7. The number of carbonyl (C=O) groups is 3. The van der Waals surface area contributed by atoms with Crippen molar-refractivity contribution >= 4 is 17.3 Å². The van der Waals surface area contributed by atoms with Crippen LogP contribution in [0.15, 0.2) is 18.2 Å². The van der Waals surface area contributed by atoms with Crippen molar-refractivity contribution in [2.45, 2.75) is 157 Å². The van der Waals surface area contributed by atoms with E-state index in [1.165, 1.54) is 20.8 Å². The van der Waals surface area contributed by atoms with Crippen LogP contribution in [-0.2, 0) is 60.5 Å². The molecule has 0 saturated heterocycles. The minimum Gasteiger partial charge on any atom is -0.300 e. The van der Waals surface area contributed by atoms with Gasteiger partial charge in [0.05, 0.1) is 0 Å². The summed E-state index contributed by atoms with van der Waals surface area (Å²) in [5, 5.41) is 0. The Kier molecular flexibility index (Phi) is 12.4. The van der Waals surface area contributed by atoms with Gasteiger partial charge in [-0.15, -0.1) is 0 Å². The van der Waals surface area contributed by atoms with Crippen LogP contribution in [0.3, 0.4) is 0 Å². The highest BCUT2D eigenvalue weighted by molar-refractivity contribution is 5.77. The average Bonchev–Trinajstić information content (AvgIpc) is 2.78. The molecule has 9 heteroatoms. The molecule has 240 valence electrons. The van der Waals surface area contributed by atoms with E-state index in [1.807, 2.05) is 59.7 Å². The third-order valence-electron chi connectivity index (χ3n) is 6.47. The zero-order chi connectivity index (χ0) is 32.9. The summed E-state index contributed by atoms with van der Waals surface area (Å²) in [5.74, 6) is -0.0309. The Hall–Kier alpha value is -2.01. The van der Waals surface area contributed by atoms with Crippen molar-refractivity contribution in [3.63, 3.8) is 0 Å². The van der Waals surface area contributed by atoms with Gasteiger partial charge in [-0.25, -0.2) is 29.3 Å². The van der Waals surface area contributed by atoms with Crippen molar-refractivity contribution in [3.8, 4) is 0 Å². The molecule has 0 aliphatic carbocycles. The van der Waals surface area contributed by atoms with E-state index in [-0.39, 0.29) is 36.6 Å². The number of carbonyl (C=O) groups excluding carboxylic acids is 3. The van der Waals surface area contributed by atoms with Crippen LogP contribution >= 0.6 is 0 Å². The number of hydrogen-bond acceptors (Lipinski definition) is 9. The lowest BCUT2D eigenvalue weighted by atomic mass is 9.85. The van der Waals surface area contributed by atoms with Gasteiger partial charge < -0.3 is 0 Å². The Bertz CT molecular complexity index is 960. The molecule has 0 aliphatic rings. The van der Waals surface area contributed by atoms with E-state index in [9.17, 15) is 14.4 Å². The fourth-order valence-corrected chi connectivity index (χ4v) is 4.35. The Morgan fingerprint density at radius 1 is 0.429 bits per heavy atom. The molecule has 0 aliphatic heterocycles. The second-order valence-electron chi connectivity index (χ2n) is 14.7. The van der Waals surface area contributed by atoms with Crippen LogP contribution in [0.2, 0.25) is 0 Å². The van der Waals surface area contributed by atoms with Crippen molar-refractivity contribution in [1.29, 1.82) is 0 Å². The van der Waals surface area contributed by atoms with Crippen LogP contribution in [0.25, 0.3) is 0 Å². The maximum Gasteiger partial charge on any atom is 0.132 e. The average molecular weight is 595 g/mol. The monoisotopic (exact) mass is 594 g/mol. The number of Topliss-reactive ketones (excluding diaryl/α,β-unsaturated/α-hetero) is 3. The number of benzene rings is 1. The third-order valence-corrected chi connectivity index (χ3v) is 6.47. The summed E-state index contributed by atoms with van der Waals surface area (Å²) < 4.78 is 0. The molecule has 42 heavy (non-hydrogen) atoms. The van der Waals surface area contributed by atoms with E-state index < -0.39 is 33.6 Å². The van der Waals surface area contributed by atoms with Gasteiger partial charge in [0.15, 0.2) is 0 Å². The van der Waals surface area contributed by atoms with Gasteiger partial charge in [-0.3, -0.25) is 14.4 Å². The zero-order valence-corrected chi connectivity index (χ0v) is 28.5. The molecule has 1 aromatic rings. The number of ketones is 3. The molecule has 9 nitrogen and oxygen atoms in total. The lowest BCUT2D eigenvalue weighted by Crippen LogP contribution is -2.35. The molecule has 0 bridgehead atoms. The van der Waals surface area contributed by atoms with E-state index >= 15 is 0 Å². The van der Waals surface area contributed by atoms with Crippen LogP contribution in [0.1, 0.15) is 140 Å². The van der Waals surface area contributed by atoms with Gasteiger partial charge in [-0.2, -0.15) is 0 Å². The van der Waals surface area contributed by atoms with Crippen molar-refractivity contribution in [2.24, 2.45) is 0 Å². The molecule has 0 saturated carbocycles. The smallest absolute Gasteiger partial charge is 0.132 e. The highest BCUT2D eigenvalue weighted by atomic mass is 17.2. The maximum atomic E-state index is 11.7. The molecule has 0 atom stereocenters. The lowest BCUT2D eigenvalue weighted by molar-refractivity contribution is -0.407. The summed E-state index contributed by atoms with van der Waals surface area (Å²) in [7, 11) is 0. The van der Waals surface area contributed by atoms with E-state index in [1.54, 1.807) is 41.5 Å². The molecular weight excluding hydrogens is 540 g/mol. The molecular formula is C33H54O9. The largest absolute Gasteiger partial charge is 0.300 e. The molecule has 0 fully saturated rings. The van der Waals surface area contributed by atoms with Crippen LogP contribution in [-0.4, -0.2) is 34.2 Å². The van der Waals surface area contributed by atoms with E-state index in [2.05, 4.69) is 0 Å². The Morgan fingerprint density at radius 2 is 0.619 bits per heavy atom. The molecule has 1 aromatic carbocycles. The topological polar surface area (TPSA) is 107 Å². The SMILES string of the molecule is CC(=O)CC(C)(C)OOC(C)(C)c1cc(C(C)(C)OOC(C)(C)CC(C)=O)cc(C(C)(C)OOC(C)(C)CC(C)=O)c1. The standard InChI is InChI=1S/C33H54O9/c1-22(34)19-28(4,5)37-40-31(10,11)25-16-26(32(12,13)41-38-29(6,7)20-23(2)35)18-27(17-25)33(14,15)42-39-30(8,9)21-24(3)36/h16-18H,19-21H2,1-15H3. The van der Waals surface area contributed by atoms with Crippen molar-refractivity contribution < 1.29 is 43.7 Å². The van der Waals surface area contributed by atoms with Crippen LogP contribution in [0.4, 0.5) is 0 Å². The Balaban J connectivity index is 3.54. The summed E-state index contributed by atoms with van der Waals surface area (Å²) in [5.41, 5.74) is -3.16. The molecule has 0 radical (unpaired) electrons. The Morgan fingerprint density at radius 3 is 0.786 bits per heavy atom. The Labute approximate surface area is 252 Å². The predicted molar refractivity (Wildman–Crippen MR) is 160 cm³/mol. The summed E-state index contributed by atoms with van der Waals surface area (Å²) in [6.07, 6.45) is 0.574. The van der Waals surface area contributed by atoms with Gasteiger partial charge in [0, 0.05) is 19.3 Å². The van der Waals surface area contributed by atoms with Gasteiger partial charge in [-0.1, -0.05) is 0 Å². The third kappa shape index (κ3) is 12.7. The first kappa shape index (κ1) is 38.0. The van der Waals surface area contributed by atoms with Gasteiger partial charge in [0.2, 0.25) is 0 Å². The second-order valence-corrected chi connectivity index (χ2v) is 14.7. The fraction of sp³-hybridized carbons (Fsp3) is 0.727. The molecule has 0 spiro atoms. The zero-order valence-electron chi connectivity index (χ0n) is 28.5. The number of rotatable bonds is 18. The summed E-state index contributed by atoms with van der Waals surface area (Å²) in [6.45, 7) is 26.5. The lowest BCUT2D eigenvalue weighted by Gasteiger charge is -2.35. The predicted octanol–water partition coefficient (Wildman–Crippen LogP) is 7.51. The van der Waals surface area contributed by atoms with Crippen molar-refractivity contribution in [1.82, 2.24) is 0 Å². The minimum atomic E-state index is -0.964. The maximum absolute atomic E-state index is 11.7. The van der Waals surface area contributed by atoms with E-state index in [4.69, 9.17) is 29.3 Å². The fourth-order valence-electron chi connectivity index (χ4n) is 4.35. The highest BCUT2D eigenvalue weighted by Gasteiger charge is 2.37. The first-order chi connectivity index (χ1) is 18.7. The molecule has 0 aromatic heterocycles. The van der Waals surface area contributed by atoms with Crippen LogP contribution < -0.4 is 0 Å². The van der Waals surface area contributed by atoms with Crippen molar-refractivity contribution in [2.75, 3.05) is 0 Å². The van der Waals surface area contributed by atoms with Gasteiger partial charge in [0.1, 0.15) is 51.0 Å². The van der Waals surface area contributed by atoms with Crippen LogP contribution in [0.5, 0.6) is 0 Å². The van der Waals surface area contributed by atoms with Gasteiger partial charge in [0.25, 0.3) is 0 Å². The molecule has 0 heterocycles. The summed E-state index contributed by atoms with van der Waals surface area (Å²) in [6, 6.07) is 5.80. The number of hydrogen-bond donors (Lipinski definition) is 0. The summed E-state index contributed by atoms with van der Waals surface area (Å²) in [4.78, 5) is 70.4. The van der Waals surface area contributed by atoms with Crippen LogP contribution in [0, 0.1) is 0 Å².